The Labute approximate surface area is 118 Å². The number of carbonyl (C=O) groups excluding carboxylic acids is 3. The van der Waals surface area contributed by atoms with Gasteiger partial charge in [-0.05, 0) is 24.0 Å². The molecule has 0 radical (unpaired) electrons. The monoisotopic (exact) mass is 284 g/mol. The Bertz CT molecular complexity index is 403. The molecule has 0 atom stereocenters. The van der Waals surface area contributed by atoms with Crippen LogP contribution in [-0.4, -0.2) is 47.0 Å². The normalized spacial score (nSPS) is 24.0. The summed E-state index contributed by atoms with van der Waals surface area (Å²) in [5, 5.41) is 0. The third-order valence-electron chi connectivity index (χ3n) is 4.24. The van der Waals surface area contributed by atoms with E-state index in [-0.39, 0.29) is 5.41 Å². The van der Waals surface area contributed by atoms with Gasteiger partial charge in [0.05, 0.1) is 0 Å². The number of amides is 4. The lowest BCUT2D eigenvalue weighted by atomic mass is 9.81. The van der Waals surface area contributed by atoms with E-state index in [0.29, 0.717) is 12.3 Å². The highest BCUT2D eigenvalue weighted by Crippen LogP contribution is 2.37. The number of carbonyl (C=O) groups is 3. The first-order chi connectivity index (χ1) is 9.01. The molecule has 0 bridgehead atoms. The summed E-state index contributed by atoms with van der Waals surface area (Å²) < 4.78 is 0. The highest BCUT2D eigenvalue weighted by Gasteiger charge is 2.45. The number of rotatable bonds is 3. The molecule has 1 saturated carbocycles. The van der Waals surface area contributed by atoms with Crippen molar-refractivity contribution in [2.45, 2.75) is 38.5 Å². The van der Waals surface area contributed by atoms with E-state index in [1.165, 1.54) is 19.9 Å². The highest BCUT2D eigenvalue weighted by molar-refractivity contribution is 7.80. The molecule has 2 aliphatic rings. The van der Waals surface area contributed by atoms with Crippen molar-refractivity contribution < 1.29 is 14.4 Å². The zero-order valence-electron chi connectivity index (χ0n) is 11.2. The molecule has 1 saturated heterocycles. The predicted octanol–water partition coefficient (Wildman–Crippen LogP) is 1.68. The first-order valence-electron chi connectivity index (χ1n) is 6.75. The third kappa shape index (κ3) is 2.63. The van der Waals surface area contributed by atoms with Crippen molar-refractivity contribution in [3.63, 3.8) is 0 Å². The van der Waals surface area contributed by atoms with Crippen molar-refractivity contribution in [1.82, 2.24) is 9.80 Å². The minimum atomic E-state index is -0.729. The van der Waals surface area contributed by atoms with Crippen molar-refractivity contribution in [3.05, 3.63) is 0 Å². The van der Waals surface area contributed by atoms with E-state index >= 15 is 0 Å². The molecule has 0 aromatic carbocycles. The van der Waals surface area contributed by atoms with Crippen LogP contribution in [0.15, 0.2) is 0 Å². The fourth-order valence-corrected chi connectivity index (χ4v) is 3.35. The maximum Gasteiger partial charge on any atom is 0.333 e. The summed E-state index contributed by atoms with van der Waals surface area (Å²) in [6.07, 6.45) is 6.50. The van der Waals surface area contributed by atoms with E-state index in [1.54, 1.807) is 0 Å². The largest absolute Gasteiger partial charge is 0.333 e. The van der Waals surface area contributed by atoms with Gasteiger partial charge < -0.3 is 0 Å². The Kier molecular flexibility index (Phi) is 4.18. The SMILES string of the molecule is CN1C(=O)C(=O)N(CC2(CS)CCCCCC2)C1=O. The molecular formula is C13H20N2O3S. The van der Waals surface area contributed by atoms with E-state index in [9.17, 15) is 14.4 Å². The lowest BCUT2D eigenvalue weighted by Gasteiger charge is -2.33. The maximum atomic E-state index is 11.9. The molecule has 6 heteroatoms. The fraction of sp³-hybridized carbons (Fsp3) is 0.769. The molecule has 1 aliphatic carbocycles. The molecule has 19 heavy (non-hydrogen) atoms. The van der Waals surface area contributed by atoms with Crippen molar-refractivity contribution >= 4 is 30.5 Å². The Morgan fingerprint density at radius 1 is 1.05 bits per heavy atom. The molecule has 106 valence electrons. The van der Waals surface area contributed by atoms with Crippen molar-refractivity contribution in [2.24, 2.45) is 5.41 Å². The molecular weight excluding hydrogens is 264 g/mol. The Hall–Kier alpha value is -1.04. The Morgan fingerprint density at radius 2 is 1.63 bits per heavy atom. The van der Waals surface area contributed by atoms with Gasteiger partial charge in [-0.3, -0.25) is 19.4 Å². The number of urea groups is 1. The van der Waals surface area contributed by atoms with Crippen LogP contribution in [0.5, 0.6) is 0 Å². The molecule has 0 spiro atoms. The summed E-state index contributed by atoms with van der Waals surface area (Å²) in [4.78, 5) is 37.3. The predicted molar refractivity (Wildman–Crippen MR) is 73.9 cm³/mol. The second-order valence-corrected chi connectivity index (χ2v) is 5.93. The molecule has 1 aliphatic heterocycles. The van der Waals surface area contributed by atoms with E-state index < -0.39 is 17.8 Å². The first-order valence-corrected chi connectivity index (χ1v) is 7.38. The van der Waals surface area contributed by atoms with Gasteiger partial charge in [-0.1, -0.05) is 25.7 Å². The Balaban J connectivity index is 2.16. The van der Waals surface area contributed by atoms with Crippen LogP contribution in [0.3, 0.4) is 0 Å². The van der Waals surface area contributed by atoms with Gasteiger partial charge in [0.25, 0.3) is 0 Å². The topological polar surface area (TPSA) is 57.7 Å². The molecule has 0 aromatic heterocycles. The quantitative estimate of drug-likeness (QED) is 0.371. The summed E-state index contributed by atoms with van der Waals surface area (Å²) in [6.45, 7) is 0.324. The van der Waals surface area contributed by atoms with Crippen LogP contribution in [0.2, 0.25) is 0 Å². The van der Waals surface area contributed by atoms with Crippen LogP contribution in [0.4, 0.5) is 4.79 Å². The lowest BCUT2D eigenvalue weighted by molar-refractivity contribution is -0.143. The number of likely N-dealkylation sites (N-methyl/N-ethyl adjacent to an activating group) is 1. The van der Waals surface area contributed by atoms with Gasteiger partial charge in [0.1, 0.15) is 0 Å². The molecule has 4 amide bonds. The minimum absolute atomic E-state index is 0.129. The van der Waals surface area contributed by atoms with Crippen LogP contribution in [0.25, 0.3) is 0 Å². The molecule has 2 fully saturated rings. The zero-order valence-corrected chi connectivity index (χ0v) is 12.1. The van der Waals surface area contributed by atoms with Crippen LogP contribution in [0, 0.1) is 5.41 Å². The average Bonchev–Trinajstić information content (AvgIpc) is 2.63. The summed E-state index contributed by atoms with van der Waals surface area (Å²) in [6, 6.07) is -0.500. The molecule has 0 unspecified atom stereocenters. The zero-order chi connectivity index (χ0) is 14.0. The molecule has 1 heterocycles. The molecule has 0 N–H and O–H groups in total. The standard InChI is InChI=1S/C13H20N2O3S/c1-14-10(16)11(17)15(12(14)18)8-13(9-19)6-4-2-3-5-7-13/h19H,2-9H2,1H3. The first kappa shape index (κ1) is 14.4. The van der Waals surface area contributed by atoms with Crippen LogP contribution in [-0.2, 0) is 9.59 Å². The van der Waals surface area contributed by atoms with E-state index in [0.717, 1.165) is 35.5 Å². The van der Waals surface area contributed by atoms with Gasteiger partial charge in [-0.15, -0.1) is 0 Å². The fourth-order valence-electron chi connectivity index (χ4n) is 2.93. The molecule has 0 aromatic rings. The van der Waals surface area contributed by atoms with Gasteiger partial charge in [0.2, 0.25) is 0 Å². The second kappa shape index (κ2) is 5.53. The number of nitrogens with zero attached hydrogens (tertiary/aromatic N) is 2. The van der Waals surface area contributed by atoms with Crippen LogP contribution < -0.4 is 0 Å². The third-order valence-corrected chi connectivity index (χ3v) is 4.91. The van der Waals surface area contributed by atoms with Gasteiger partial charge in [0, 0.05) is 13.6 Å². The van der Waals surface area contributed by atoms with Crippen LogP contribution >= 0.6 is 12.6 Å². The van der Waals surface area contributed by atoms with Crippen LogP contribution in [0.1, 0.15) is 38.5 Å². The number of hydrogen-bond donors (Lipinski definition) is 1. The van der Waals surface area contributed by atoms with Crippen molar-refractivity contribution in [2.75, 3.05) is 19.3 Å². The summed E-state index contributed by atoms with van der Waals surface area (Å²) in [5.74, 6) is -0.784. The maximum absolute atomic E-state index is 11.9. The average molecular weight is 284 g/mol. The van der Waals surface area contributed by atoms with Gasteiger partial charge in [0.15, 0.2) is 0 Å². The second-order valence-electron chi connectivity index (χ2n) is 5.61. The Morgan fingerprint density at radius 3 is 2.05 bits per heavy atom. The summed E-state index contributed by atoms with van der Waals surface area (Å²) >= 11 is 4.43. The summed E-state index contributed by atoms with van der Waals surface area (Å²) in [7, 11) is 1.35. The highest BCUT2D eigenvalue weighted by atomic mass is 32.1. The van der Waals surface area contributed by atoms with Gasteiger partial charge in [-0.2, -0.15) is 12.6 Å². The van der Waals surface area contributed by atoms with E-state index in [2.05, 4.69) is 12.6 Å². The van der Waals surface area contributed by atoms with E-state index in [1.807, 2.05) is 0 Å². The van der Waals surface area contributed by atoms with E-state index in [4.69, 9.17) is 0 Å². The number of thiol groups is 1. The number of imide groups is 2. The number of hydrogen-bond acceptors (Lipinski definition) is 4. The lowest BCUT2D eigenvalue weighted by Crippen LogP contribution is -2.42. The van der Waals surface area contributed by atoms with Crippen molar-refractivity contribution in [3.8, 4) is 0 Å². The van der Waals surface area contributed by atoms with Gasteiger partial charge in [-0.25, -0.2) is 4.79 Å². The molecule has 2 rings (SSSR count). The van der Waals surface area contributed by atoms with Crippen molar-refractivity contribution in [1.29, 1.82) is 0 Å². The summed E-state index contributed by atoms with van der Waals surface area (Å²) in [5.41, 5.74) is -0.129. The smallest absolute Gasteiger partial charge is 0.263 e. The molecule has 5 nitrogen and oxygen atoms in total. The van der Waals surface area contributed by atoms with Gasteiger partial charge >= 0.3 is 17.8 Å². The minimum Gasteiger partial charge on any atom is -0.263 e.